The van der Waals surface area contributed by atoms with Gasteiger partial charge in [-0.2, -0.15) is 0 Å². The molecule has 1 aliphatic rings. The van der Waals surface area contributed by atoms with Gasteiger partial charge in [0.1, 0.15) is 0 Å². The number of anilines is 1. The van der Waals surface area contributed by atoms with Crippen molar-refractivity contribution in [1.82, 2.24) is 0 Å². The summed E-state index contributed by atoms with van der Waals surface area (Å²) in [6.07, 6.45) is 0. The van der Waals surface area contributed by atoms with Crippen LogP contribution in [0, 0.1) is 0 Å². The lowest BCUT2D eigenvalue weighted by Gasteiger charge is -2.19. The maximum atomic E-state index is 13.0. The molecule has 1 aliphatic carbocycles. The van der Waals surface area contributed by atoms with Crippen molar-refractivity contribution >= 4 is 34.9 Å². The number of rotatable bonds is 5. The lowest BCUT2D eigenvalue weighted by molar-refractivity contribution is -0.119. The summed E-state index contributed by atoms with van der Waals surface area (Å²) in [6, 6.07) is 17.2. The summed E-state index contributed by atoms with van der Waals surface area (Å²) in [6.45, 7) is 0.744. The number of hydrogen-bond donors (Lipinski definition) is 1. The van der Waals surface area contributed by atoms with Crippen LogP contribution in [0.2, 0.25) is 0 Å². The second kappa shape index (κ2) is 8.39. The van der Waals surface area contributed by atoms with Crippen LogP contribution in [0.5, 0.6) is 0 Å². The van der Waals surface area contributed by atoms with Crippen LogP contribution in [0.15, 0.2) is 66.7 Å². The van der Waals surface area contributed by atoms with Crippen molar-refractivity contribution in [3.63, 3.8) is 0 Å². The standard InChI is InChI=1S/C25H17NO6/c1-14(27)15-7-4-5-12-20(15)26-21(28)13-32-25(31)19-11-6-10-18-22(19)24(30)17-9-3-2-8-16(17)23(18)29/h2-12H,13H2,1H3,(H,26,28). The second-order valence-electron chi connectivity index (χ2n) is 7.16. The van der Waals surface area contributed by atoms with Gasteiger partial charge >= 0.3 is 5.97 Å². The number of carbonyl (C=O) groups excluding carboxylic acids is 5. The van der Waals surface area contributed by atoms with Gasteiger partial charge in [-0.15, -0.1) is 0 Å². The van der Waals surface area contributed by atoms with Gasteiger partial charge in [-0.05, 0) is 25.1 Å². The van der Waals surface area contributed by atoms with Crippen molar-refractivity contribution in [3.05, 3.63) is 100 Å². The van der Waals surface area contributed by atoms with Crippen molar-refractivity contribution in [3.8, 4) is 0 Å². The third-order valence-corrected chi connectivity index (χ3v) is 5.09. The summed E-state index contributed by atoms with van der Waals surface area (Å²) in [5.74, 6) is -2.59. The van der Waals surface area contributed by atoms with Gasteiger partial charge in [0, 0.05) is 27.8 Å². The van der Waals surface area contributed by atoms with E-state index in [1.54, 1.807) is 42.5 Å². The SMILES string of the molecule is CC(=O)c1ccccc1NC(=O)COC(=O)c1cccc2c1C(=O)c1ccccc1C2=O. The first kappa shape index (κ1) is 20.9. The highest BCUT2D eigenvalue weighted by Gasteiger charge is 2.33. The molecule has 0 aromatic heterocycles. The number of para-hydroxylation sites is 1. The maximum Gasteiger partial charge on any atom is 0.339 e. The summed E-state index contributed by atoms with van der Waals surface area (Å²) in [4.78, 5) is 62.4. The molecule has 4 rings (SSSR count). The number of ether oxygens (including phenoxy) is 1. The maximum absolute atomic E-state index is 13.0. The minimum atomic E-state index is -0.905. The molecule has 0 saturated heterocycles. The van der Waals surface area contributed by atoms with Gasteiger partial charge in [-0.1, -0.05) is 48.5 Å². The minimum Gasteiger partial charge on any atom is -0.452 e. The van der Waals surface area contributed by atoms with Crippen LogP contribution in [0.3, 0.4) is 0 Å². The van der Waals surface area contributed by atoms with Crippen molar-refractivity contribution in [2.24, 2.45) is 0 Å². The Labute approximate surface area is 183 Å². The normalized spacial score (nSPS) is 11.9. The molecule has 0 unspecified atom stereocenters. The summed E-state index contributed by atoms with van der Waals surface area (Å²) in [5.41, 5.74) is 1.10. The van der Waals surface area contributed by atoms with E-state index in [9.17, 15) is 24.0 Å². The molecule has 1 amide bonds. The first-order valence-corrected chi connectivity index (χ1v) is 9.77. The Morgan fingerprint density at radius 1 is 0.750 bits per heavy atom. The molecule has 32 heavy (non-hydrogen) atoms. The lowest BCUT2D eigenvalue weighted by Crippen LogP contribution is -2.26. The summed E-state index contributed by atoms with van der Waals surface area (Å²) in [5, 5.41) is 2.53. The molecule has 0 aliphatic heterocycles. The first-order valence-electron chi connectivity index (χ1n) is 9.77. The highest BCUT2D eigenvalue weighted by atomic mass is 16.5. The van der Waals surface area contributed by atoms with Crippen molar-refractivity contribution in [2.45, 2.75) is 6.92 Å². The van der Waals surface area contributed by atoms with E-state index in [-0.39, 0.29) is 39.4 Å². The number of fused-ring (bicyclic) bond motifs is 2. The number of esters is 1. The van der Waals surface area contributed by atoms with Crippen LogP contribution < -0.4 is 5.32 Å². The fraction of sp³-hybridized carbons (Fsp3) is 0.0800. The number of nitrogens with one attached hydrogen (secondary N) is 1. The zero-order chi connectivity index (χ0) is 22.8. The predicted octanol–water partition coefficient (Wildman–Crippen LogP) is 3.46. The molecule has 0 heterocycles. The molecule has 0 spiro atoms. The van der Waals surface area contributed by atoms with E-state index in [0.717, 1.165) is 0 Å². The molecule has 3 aromatic carbocycles. The number of ketones is 3. The van der Waals surface area contributed by atoms with Crippen LogP contribution in [-0.4, -0.2) is 35.8 Å². The van der Waals surface area contributed by atoms with Crippen molar-refractivity contribution in [2.75, 3.05) is 11.9 Å². The third-order valence-electron chi connectivity index (χ3n) is 5.09. The van der Waals surface area contributed by atoms with Gasteiger partial charge < -0.3 is 10.1 Å². The van der Waals surface area contributed by atoms with E-state index in [0.29, 0.717) is 11.3 Å². The average molecular weight is 427 g/mol. The summed E-state index contributed by atoms with van der Waals surface area (Å²) in [7, 11) is 0. The van der Waals surface area contributed by atoms with E-state index >= 15 is 0 Å². The van der Waals surface area contributed by atoms with Gasteiger partial charge in [0.15, 0.2) is 24.0 Å². The Morgan fingerprint density at radius 3 is 2.06 bits per heavy atom. The molecule has 0 saturated carbocycles. The number of hydrogen-bond acceptors (Lipinski definition) is 6. The van der Waals surface area contributed by atoms with Gasteiger partial charge in [-0.25, -0.2) is 4.79 Å². The lowest BCUT2D eigenvalue weighted by atomic mass is 9.82. The van der Waals surface area contributed by atoms with E-state index in [1.165, 1.54) is 31.2 Å². The fourth-order valence-electron chi connectivity index (χ4n) is 3.61. The van der Waals surface area contributed by atoms with E-state index in [4.69, 9.17) is 4.74 Å². The molecular weight excluding hydrogens is 410 g/mol. The highest BCUT2D eigenvalue weighted by Crippen LogP contribution is 2.29. The Kier molecular flexibility index (Phi) is 5.47. The van der Waals surface area contributed by atoms with E-state index < -0.39 is 24.3 Å². The third kappa shape index (κ3) is 3.72. The predicted molar refractivity (Wildman–Crippen MR) is 115 cm³/mol. The molecule has 0 radical (unpaired) electrons. The monoisotopic (exact) mass is 427 g/mol. The highest BCUT2D eigenvalue weighted by molar-refractivity contribution is 6.30. The number of Topliss-reactive ketones (excluding diaryl/α,β-unsaturated/α-hetero) is 1. The molecule has 1 N–H and O–H groups in total. The fourth-order valence-corrected chi connectivity index (χ4v) is 3.61. The van der Waals surface area contributed by atoms with Crippen LogP contribution in [-0.2, 0) is 9.53 Å². The molecule has 0 atom stereocenters. The first-order chi connectivity index (χ1) is 15.4. The van der Waals surface area contributed by atoms with Crippen LogP contribution in [0.4, 0.5) is 5.69 Å². The molecule has 0 fully saturated rings. The van der Waals surface area contributed by atoms with Gasteiger partial charge in [0.2, 0.25) is 0 Å². The number of carbonyl (C=O) groups is 5. The summed E-state index contributed by atoms with van der Waals surface area (Å²) < 4.78 is 5.10. The second-order valence-corrected chi connectivity index (χ2v) is 7.16. The number of benzene rings is 3. The molecule has 158 valence electrons. The van der Waals surface area contributed by atoms with Crippen LogP contribution in [0.25, 0.3) is 0 Å². The Morgan fingerprint density at radius 2 is 1.34 bits per heavy atom. The molecule has 0 bridgehead atoms. The van der Waals surface area contributed by atoms with Gasteiger partial charge in [0.25, 0.3) is 5.91 Å². The largest absolute Gasteiger partial charge is 0.452 e. The minimum absolute atomic E-state index is 0.0384. The van der Waals surface area contributed by atoms with E-state index in [2.05, 4.69) is 5.32 Å². The molecule has 3 aromatic rings. The quantitative estimate of drug-likeness (QED) is 0.386. The average Bonchev–Trinajstić information content (AvgIpc) is 2.80. The number of amides is 1. The Hall–Kier alpha value is -4.39. The van der Waals surface area contributed by atoms with Crippen LogP contribution in [0.1, 0.15) is 59.5 Å². The van der Waals surface area contributed by atoms with Crippen LogP contribution >= 0.6 is 0 Å². The molecule has 7 nitrogen and oxygen atoms in total. The zero-order valence-corrected chi connectivity index (χ0v) is 17.0. The molecular formula is C25H17NO6. The molecule has 7 heteroatoms. The smallest absolute Gasteiger partial charge is 0.339 e. The Bertz CT molecular complexity index is 1310. The van der Waals surface area contributed by atoms with Gasteiger partial charge in [-0.3, -0.25) is 19.2 Å². The van der Waals surface area contributed by atoms with Crippen molar-refractivity contribution in [1.29, 1.82) is 0 Å². The topological polar surface area (TPSA) is 107 Å². The Balaban J connectivity index is 1.53. The zero-order valence-electron chi connectivity index (χ0n) is 17.0. The summed E-state index contributed by atoms with van der Waals surface area (Å²) >= 11 is 0. The van der Waals surface area contributed by atoms with Gasteiger partial charge in [0.05, 0.1) is 11.3 Å². The van der Waals surface area contributed by atoms with Crippen molar-refractivity contribution < 1.29 is 28.7 Å². The van der Waals surface area contributed by atoms with E-state index in [1.807, 2.05) is 0 Å².